The van der Waals surface area contributed by atoms with Gasteiger partial charge in [0.2, 0.25) is 0 Å². The topological polar surface area (TPSA) is 14.2 Å². The molecule has 2 heteroatoms. The lowest BCUT2D eigenvalue weighted by Gasteiger charge is -2.39. The lowest BCUT2D eigenvalue weighted by molar-refractivity contribution is 0.442. The maximum atomic E-state index is 7.06. The molecule has 2 nitrogen and oxygen atoms in total. The van der Waals surface area contributed by atoms with Crippen molar-refractivity contribution in [2.45, 2.75) is 5.41 Å². The van der Waals surface area contributed by atoms with Crippen LogP contribution < -0.4 is 4.74 Å². The van der Waals surface area contributed by atoms with Crippen LogP contribution in [0, 0.1) is 0 Å². The Kier molecular flexibility index (Phi) is 5.34. The van der Waals surface area contributed by atoms with Crippen LogP contribution in [0.5, 0.6) is 11.5 Å². The number of hydrogen-bond donors (Lipinski definition) is 0. The highest BCUT2D eigenvalue weighted by Gasteiger charge is 2.51. The highest BCUT2D eigenvalue weighted by atomic mass is 16.5. The van der Waals surface area contributed by atoms with Gasteiger partial charge in [-0.3, -0.25) is 0 Å². The maximum Gasteiger partial charge on any atom is 0.142 e. The molecule has 0 saturated heterocycles. The van der Waals surface area contributed by atoms with Crippen LogP contribution >= 0.6 is 0 Å². The minimum atomic E-state index is -0.490. The normalized spacial score (nSPS) is 13.6. The van der Waals surface area contributed by atoms with Crippen molar-refractivity contribution in [2.24, 2.45) is 0 Å². The van der Waals surface area contributed by atoms with Crippen LogP contribution in [-0.4, -0.2) is 4.57 Å². The molecule has 0 amide bonds. The summed E-state index contributed by atoms with van der Waals surface area (Å²) in [6.45, 7) is 0. The Bertz CT molecular complexity index is 2760. The lowest BCUT2D eigenvalue weighted by atomic mass is 9.66. The SMILES string of the molecule is c1ccc2c(c1)Oc1c(ccc3c1c1ccccc1n3-c1ccc(-c3ccc4ccccc4c3)cc1)C21c2ccccc2-c2ccccc21. The van der Waals surface area contributed by atoms with Gasteiger partial charge in [-0.2, -0.15) is 0 Å². The predicted molar refractivity (Wildman–Crippen MR) is 201 cm³/mol. The second-order valence-electron chi connectivity index (χ2n) is 13.2. The Morgan fingerprint density at radius 1 is 0.429 bits per heavy atom. The molecule has 8 aromatic carbocycles. The Balaban J connectivity index is 1.17. The Hall–Kier alpha value is -6.38. The number of aromatic nitrogens is 1. The van der Waals surface area contributed by atoms with E-state index in [0.29, 0.717) is 0 Å². The largest absolute Gasteiger partial charge is 0.456 e. The molecule has 2 aliphatic rings. The molecule has 0 unspecified atom stereocenters. The number of benzene rings is 8. The number of fused-ring (bicyclic) bond motifs is 14. The lowest BCUT2D eigenvalue weighted by Crippen LogP contribution is -2.32. The minimum absolute atomic E-state index is 0.490. The second kappa shape index (κ2) is 9.82. The molecule has 49 heavy (non-hydrogen) atoms. The van der Waals surface area contributed by atoms with Crippen molar-refractivity contribution < 1.29 is 4.74 Å². The van der Waals surface area contributed by atoms with Crippen molar-refractivity contribution in [2.75, 3.05) is 0 Å². The van der Waals surface area contributed by atoms with Gasteiger partial charge in [0.15, 0.2) is 0 Å². The summed E-state index contributed by atoms with van der Waals surface area (Å²) in [6, 6.07) is 64.0. The van der Waals surface area contributed by atoms with E-state index >= 15 is 0 Å². The molecular weight excluding hydrogens is 595 g/mol. The molecule has 1 aliphatic carbocycles. The van der Waals surface area contributed by atoms with E-state index in [4.69, 9.17) is 4.74 Å². The van der Waals surface area contributed by atoms with Crippen LogP contribution in [0.15, 0.2) is 176 Å². The van der Waals surface area contributed by atoms with Crippen LogP contribution in [0.2, 0.25) is 0 Å². The van der Waals surface area contributed by atoms with Crippen LogP contribution in [0.25, 0.3) is 60.5 Å². The van der Waals surface area contributed by atoms with Gasteiger partial charge in [-0.25, -0.2) is 0 Å². The van der Waals surface area contributed by atoms with E-state index in [1.807, 2.05) is 0 Å². The third-order valence-electron chi connectivity index (χ3n) is 10.9. The molecule has 9 aromatic rings. The van der Waals surface area contributed by atoms with Crippen molar-refractivity contribution in [1.82, 2.24) is 4.57 Å². The first-order chi connectivity index (χ1) is 24.3. The van der Waals surface area contributed by atoms with E-state index in [9.17, 15) is 0 Å². The molecule has 2 heterocycles. The van der Waals surface area contributed by atoms with E-state index in [0.717, 1.165) is 33.6 Å². The fourth-order valence-corrected chi connectivity index (χ4v) is 8.82. The summed E-state index contributed by atoms with van der Waals surface area (Å²) in [4.78, 5) is 0. The van der Waals surface area contributed by atoms with Gasteiger partial charge in [0.05, 0.1) is 21.8 Å². The highest BCUT2D eigenvalue weighted by Crippen LogP contribution is 2.63. The Morgan fingerprint density at radius 2 is 1.06 bits per heavy atom. The average Bonchev–Trinajstić information content (AvgIpc) is 3.66. The summed E-state index contributed by atoms with van der Waals surface area (Å²) in [5.74, 6) is 1.84. The summed E-state index contributed by atoms with van der Waals surface area (Å²) >= 11 is 0. The fraction of sp³-hybridized carbons (Fsp3) is 0.0213. The number of ether oxygens (including phenoxy) is 1. The number of nitrogens with zero attached hydrogens (tertiary/aromatic N) is 1. The molecule has 0 saturated carbocycles. The van der Waals surface area contributed by atoms with E-state index in [1.54, 1.807) is 0 Å². The zero-order valence-electron chi connectivity index (χ0n) is 26.6. The number of para-hydroxylation sites is 2. The first-order valence-corrected chi connectivity index (χ1v) is 16.9. The Labute approximate surface area is 284 Å². The van der Waals surface area contributed by atoms with Gasteiger partial charge in [0.25, 0.3) is 0 Å². The summed E-state index contributed by atoms with van der Waals surface area (Å²) in [5.41, 5.74) is 12.9. The molecular formula is C47H29NO. The van der Waals surface area contributed by atoms with Crippen LogP contribution in [0.3, 0.4) is 0 Å². The van der Waals surface area contributed by atoms with Crippen molar-refractivity contribution in [3.63, 3.8) is 0 Å². The summed E-state index contributed by atoms with van der Waals surface area (Å²) in [6.07, 6.45) is 0. The quantitative estimate of drug-likeness (QED) is 0.187. The van der Waals surface area contributed by atoms with E-state index in [1.165, 1.54) is 60.7 Å². The van der Waals surface area contributed by atoms with Crippen molar-refractivity contribution in [3.05, 3.63) is 198 Å². The van der Waals surface area contributed by atoms with Gasteiger partial charge in [-0.15, -0.1) is 0 Å². The minimum Gasteiger partial charge on any atom is -0.456 e. The molecule has 0 fully saturated rings. The molecule has 228 valence electrons. The van der Waals surface area contributed by atoms with Crippen LogP contribution in [0.1, 0.15) is 22.3 Å². The Morgan fingerprint density at radius 3 is 1.86 bits per heavy atom. The first-order valence-electron chi connectivity index (χ1n) is 16.9. The molecule has 1 spiro atoms. The third kappa shape index (κ3) is 3.50. The molecule has 0 atom stereocenters. The smallest absolute Gasteiger partial charge is 0.142 e. The highest BCUT2D eigenvalue weighted by molar-refractivity contribution is 6.13. The summed E-state index contributed by atoms with van der Waals surface area (Å²) in [5, 5.41) is 4.83. The van der Waals surface area contributed by atoms with Crippen LogP contribution in [-0.2, 0) is 5.41 Å². The fourth-order valence-electron chi connectivity index (χ4n) is 8.82. The zero-order chi connectivity index (χ0) is 32.1. The van der Waals surface area contributed by atoms with E-state index in [-0.39, 0.29) is 0 Å². The molecule has 0 N–H and O–H groups in total. The van der Waals surface area contributed by atoms with Gasteiger partial charge in [-0.1, -0.05) is 140 Å². The van der Waals surface area contributed by atoms with E-state index in [2.05, 4.69) is 180 Å². The van der Waals surface area contributed by atoms with Crippen LogP contribution in [0.4, 0.5) is 0 Å². The van der Waals surface area contributed by atoms with Gasteiger partial charge < -0.3 is 9.30 Å². The van der Waals surface area contributed by atoms with Crippen molar-refractivity contribution in [1.29, 1.82) is 0 Å². The number of hydrogen-bond acceptors (Lipinski definition) is 1. The molecule has 0 bridgehead atoms. The van der Waals surface area contributed by atoms with Gasteiger partial charge in [0.1, 0.15) is 11.5 Å². The first kappa shape index (κ1) is 26.7. The van der Waals surface area contributed by atoms with Gasteiger partial charge in [-0.05, 0) is 80.6 Å². The maximum absolute atomic E-state index is 7.06. The monoisotopic (exact) mass is 623 g/mol. The zero-order valence-corrected chi connectivity index (χ0v) is 26.6. The van der Waals surface area contributed by atoms with Crippen molar-refractivity contribution in [3.8, 4) is 39.4 Å². The van der Waals surface area contributed by atoms with Gasteiger partial charge in [0, 0.05) is 22.2 Å². The van der Waals surface area contributed by atoms with Crippen molar-refractivity contribution >= 4 is 32.6 Å². The molecule has 1 aliphatic heterocycles. The average molecular weight is 624 g/mol. The molecule has 11 rings (SSSR count). The molecule has 1 aromatic heterocycles. The number of rotatable bonds is 2. The van der Waals surface area contributed by atoms with E-state index < -0.39 is 5.41 Å². The summed E-state index contributed by atoms with van der Waals surface area (Å²) < 4.78 is 9.45. The standard InChI is InChI=1S/C47H29NO/c1-2-12-32-29-33(22-21-30(32)11-1)31-23-25-34(26-24-31)48-42-19-9-5-15-37(42)45-43(48)28-27-41-46(45)49-44-20-10-8-18-40(44)47(41)38-16-6-3-13-35(38)36-14-4-7-17-39(36)47/h1-29H. The third-order valence-corrected chi connectivity index (χ3v) is 10.9. The summed E-state index contributed by atoms with van der Waals surface area (Å²) in [7, 11) is 0. The second-order valence-corrected chi connectivity index (χ2v) is 13.2. The predicted octanol–water partition coefficient (Wildman–Crippen LogP) is 12.1. The van der Waals surface area contributed by atoms with Gasteiger partial charge >= 0.3 is 0 Å². The molecule has 0 radical (unpaired) electrons.